The summed E-state index contributed by atoms with van der Waals surface area (Å²) in [6, 6.07) is 0.535. The van der Waals surface area contributed by atoms with Crippen molar-refractivity contribution in [2.45, 2.75) is 58.4 Å². The van der Waals surface area contributed by atoms with E-state index in [2.05, 4.69) is 25.8 Å². The molecule has 0 aromatic carbocycles. The van der Waals surface area contributed by atoms with Crippen LogP contribution in [0.3, 0.4) is 0 Å². The van der Waals surface area contributed by atoms with Gasteiger partial charge in [0.15, 0.2) is 0 Å². The fraction of sp³-hybridized carbons (Fsp3) is 0.917. The van der Waals surface area contributed by atoms with E-state index in [4.69, 9.17) is 5.41 Å². The third-order valence-electron chi connectivity index (χ3n) is 3.49. The molecule has 1 rings (SSSR count). The molecule has 2 heteroatoms. The van der Waals surface area contributed by atoms with Crippen molar-refractivity contribution in [3.05, 3.63) is 0 Å². The van der Waals surface area contributed by atoms with Crippen molar-refractivity contribution < 1.29 is 0 Å². The molecule has 0 amide bonds. The highest BCUT2D eigenvalue weighted by Crippen LogP contribution is 2.27. The highest BCUT2D eigenvalue weighted by Gasteiger charge is 2.23. The Bertz CT molecular complexity index is 183. The number of rotatable bonds is 4. The van der Waals surface area contributed by atoms with E-state index in [1.165, 1.54) is 38.5 Å². The zero-order chi connectivity index (χ0) is 10.6. The maximum absolute atomic E-state index is 8.13. The van der Waals surface area contributed by atoms with Crippen LogP contribution in [-0.2, 0) is 0 Å². The molecule has 1 saturated carbocycles. The largest absolute Gasteiger partial charge is 0.361 e. The van der Waals surface area contributed by atoms with Crippen molar-refractivity contribution in [1.29, 1.82) is 5.41 Å². The number of nitrogens with zero attached hydrogens (tertiary/aromatic N) is 1. The molecule has 1 N–H and O–H groups in total. The van der Waals surface area contributed by atoms with Gasteiger partial charge in [-0.05, 0) is 26.2 Å². The van der Waals surface area contributed by atoms with Crippen molar-refractivity contribution >= 4 is 5.84 Å². The molecule has 1 aliphatic carbocycles. The van der Waals surface area contributed by atoms with Crippen LogP contribution < -0.4 is 0 Å². The topological polar surface area (TPSA) is 27.1 Å². The predicted octanol–water partition coefficient (Wildman–Crippen LogP) is 3.27. The standard InChI is InChI=1S/C12H24N2/c1-4-7-10(2)14(3)12(13)11-8-5-6-9-11/h10-11,13H,4-9H2,1-3H3. The van der Waals surface area contributed by atoms with Gasteiger partial charge in [0.05, 0.1) is 5.84 Å². The molecule has 0 bridgehead atoms. The first-order valence-corrected chi connectivity index (χ1v) is 5.98. The van der Waals surface area contributed by atoms with Crippen LogP contribution in [0.4, 0.5) is 0 Å². The minimum Gasteiger partial charge on any atom is -0.361 e. The molecule has 0 saturated heterocycles. The van der Waals surface area contributed by atoms with Gasteiger partial charge in [0.1, 0.15) is 0 Å². The zero-order valence-electron chi connectivity index (χ0n) is 9.84. The van der Waals surface area contributed by atoms with Crippen LogP contribution >= 0.6 is 0 Å². The lowest BCUT2D eigenvalue weighted by atomic mass is 10.0. The van der Waals surface area contributed by atoms with Crippen molar-refractivity contribution in [3.8, 4) is 0 Å². The van der Waals surface area contributed by atoms with Gasteiger partial charge in [-0.1, -0.05) is 26.2 Å². The van der Waals surface area contributed by atoms with E-state index in [-0.39, 0.29) is 0 Å². The highest BCUT2D eigenvalue weighted by atomic mass is 15.2. The fourth-order valence-electron chi connectivity index (χ4n) is 2.34. The zero-order valence-corrected chi connectivity index (χ0v) is 9.84. The van der Waals surface area contributed by atoms with E-state index in [0.29, 0.717) is 12.0 Å². The van der Waals surface area contributed by atoms with E-state index < -0.39 is 0 Å². The van der Waals surface area contributed by atoms with E-state index in [0.717, 1.165) is 5.84 Å². The van der Waals surface area contributed by atoms with E-state index in [1.54, 1.807) is 0 Å². The summed E-state index contributed by atoms with van der Waals surface area (Å²) in [5.41, 5.74) is 0. The summed E-state index contributed by atoms with van der Waals surface area (Å²) in [4.78, 5) is 2.18. The van der Waals surface area contributed by atoms with E-state index >= 15 is 0 Å². The molecule has 0 radical (unpaired) electrons. The van der Waals surface area contributed by atoms with E-state index in [1.807, 2.05) is 0 Å². The van der Waals surface area contributed by atoms with Crippen LogP contribution in [-0.4, -0.2) is 23.8 Å². The van der Waals surface area contributed by atoms with Gasteiger partial charge in [-0.2, -0.15) is 0 Å². The van der Waals surface area contributed by atoms with Gasteiger partial charge >= 0.3 is 0 Å². The molecule has 1 atom stereocenters. The molecular weight excluding hydrogens is 172 g/mol. The Hall–Kier alpha value is -0.530. The summed E-state index contributed by atoms with van der Waals surface area (Å²) < 4.78 is 0. The molecule has 0 aliphatic heterocycles. The van der Waals surface area contributed by atoms with Crippen LogP contribution in [0, 0.1) is 11.3 Å². The molecule has 14 heavy (non-hydrogen) atoms. The number of hydrogen-bond donors (Lipinski definition) is 1. The highest BCUT2D eigenvalue weighted by molar-refractivity contribution is 5.81. The Balaban J connectivity index is 2.42. The summed E-state index contributed by atoms with van der Waals surface area (Å²) in [7, 11) is 2.08. The van der Waals surface area contributed by atoms with Gasteiger partial charge in [-0.15, -0.1) is 0 Å². The lowest BCUT2D eigenvalue weighted by molar-refractivity contribution is 0.345. The summed E-state index contributed by atoms with van der Waals surface area (Å²) in [6.07, 6.45) is 7.53. The molecule has 0 aromatic rings. The average Bonchev–Trinajstić information content (AvgIpc) is 2.68. The Kier molecular flexibility index (Phi) is 4.43. The van der Waals surface area contributed by atoms with Crippen molar-refractivity contribution in [2.24, 2.45) is 5.92 Å². The van der Waals surface area contributed by atoms with Gasteiger partial charge in [-0.3, -0.25) is 5.41 Å². The lowest BCUT2D eigenvalue weighted by Crippen LogP contribution is -2.37. The second-order valence-electron chi connectivity index (χ2n) is 4.62. The minimum atomic E-state index is 0.535. The smallest absolute Gasteiger partial charge is 0.0989 e. The summed E-state index contributed by atoms with van der Waals surface area (Å²) in [6.45, 7) is 4.44. The van der Waals surface area contributed by atoms with Crippen LogP contribution in [0.25, 0.3) is 0 Å². The maximum atomic E-state index is 8.13. The Labute approximate surface area is 88.2 Å². The Morgan fingerprint density at radius 3 is 2.50 bits per heavy atom. The second kappa shape index (κ2) is 5.38. The van der Waals surface area contributed by atoms with Gasteiger partial charge in [0.2, 0.25) is 0 Å². The van der Waals surface area contributed by atoms with Gasteiger partial charge in [0, 0.05) is 19.0 Å². The lowest BCUT2D eigenvalue weighted by Gasteiger charge is -2.30. The fourth-order valence-corrected chi connectivity index (χ4v) is 2.34. The molecule has 0 heterocycles. The Morgan fingerprint density at radius 2 is 2.00 bits per heavy atom. The molecule has 1 aliphatic rings. The predicted molar refractivity (Wildman–Crippen MR) is 61.8 cm³/mol. The monoisotopic (exact) mass is 196 g/mol. The first-order valence-electron chi connectivity index (χ1n) is 5.98. The van der Waals surface area contributed by atoms with Crippen LogP contribution in [0.5, 0.6) is 0 Å². The molecular formula is C12H24N2. The molecule has 2 nitrogen and oxygen atoms in total. The molecule has 1 unspecified atom stereocenters. The second-order valence-corrected chi connectivity index (χ2v) is 4.62. The normalized spacial score (nSPS) is 19.6. The number of hydrogen-bond acceptors (Lipinski definition) is 1. The quantitative estimate of drug-likeness (QED) is 0.542. The van der Waals surface area contributed by atoms with Crippen LogP contribution in [0.15, 0.2) is 0 Å². The van der Waals surface area contributed by atoms with Crippen molar-refractivity contribution in [1.82, 2.24) is 4.90 Å². The molecule has 82 valence electrons. The van der Waals surface area contributed by atoms with Crippen LogP contribution in [0.1, 0.15) is 52.4 Å². The van der Waals surface area contributed by atoms with Crippen molar-refractivity contribution in [2.75, 3.05) is 7.05 Å². The third-order valence-corrected chi connectivity index (χ3v) is 3.49. The molecule has 0 aromatic heterocycles. The summed E-state index contributed by atoms with van der Waals surface area (Å²) >= 11 is 0. The van der Waals surface area contributed by atoms with Crippen LogP contribution in [0.2, 0.25) is 0 Å². The summed E-state index contributed by atoms with van der Waals surface area (Å²) in [5, 5.41) is 8.13. The Morgan fingerprint density at radius 1 is 1.43 bits per heavy atom. The maximum Gasteiger partial charge on any atom is 0.0989 e. The number of nitrogens with one attached hydrogen (secondary N) is 1. The van der Waals surface area contributed by atoms with Gasteiger partial charge < -0.3 is 4.90 Å². The first kappa shape index (κ1) is 11.5. The third kappa shape index (κ3) is 2.73. The molecule has 1 fully saturated rings. The van der Waals surface area contributed by atoms with Gasteiger partial charge in [0.25, 0.3) is 0 Å². The first-order chi connectivity index (χ1) is 6.66. The van der Waals surface area contributed by atoms with Crippen molar-refractivity contribution in [3.63, 3.8) is 0 Å². The number of amidine groups is 1. The van der Waals surface area contributed by atoms with Gasteiger partial charge in [-0.25, -0.2) is 0 Å². The average molecular weight is 196 g/mol. The SMILES string of the molecule is CCCC(C)N(C)C(=N)C1CCCC1. The molecule has 0 spiro atoms. The summed E-state index contributed by atoms with van der Waals surface area (Å²) in [5.74, 6) is 1.43. The van der Waals surface area contributed by atoms with E-state index in [9.17, 15) is 0 Å². The minimum absolute atomic E-state index is 0.535.